The standard InChI is InChI=1S/C6H4BrNOS/c7-5-3-4(8-9)1-2-6(5)10/h1-3,10H. The highest BCUT2D eigenvalue weighted by molar-refractivity contribution is 9.10. The molecule has 0 fully saturated rings. The molecule has 2 nitrogen and oxygen atoms in total. The van der Waals surface area contributed by atoms with Crippen LogP contribution in [0.25, 0.3) is 0 Å². The van der Waals surface area contributed by atoms with E-state index in [9.17, 15) is 4.91 Å². The molecule has 1 rings (SSSR count). The molecule has 1 aromatic rings. The molecule has 0 saturated carbocycles. The summed E-state index contributed by atoms with van der Waals surface area (Å²) in [4.78, 5) is 10.8. The van der Waals surface area contributed by atoms with E-state index in [2.05, 4.69) is 33.7 Å². The molecule has 0 amide bonds. The van der Waals surface area contributed by atoms with Gasteiger partial charge >= 0.3 is 0 Å². The van der Waals surface area contributed by atoms with Crippen molar-refractivity contribution < 1.29 is 0 Å². The van der Waals surface area contributed by atoms with E-state index in [1.54, 1.807) is 18.2 Å². The topological polar surface area (TPSA) is 29.4 Å². The summed E-state index contributed by atoms with van der Waals surface area (Å²) in [5, 5.41) is 2.76. The number of rotatable bonds is 1. The van der Waals surface area contributed by atoms with Crippen LogP contribution in [0.1, 0.15) is 0 Å². The normalized spacial score (nSPS) is 9.40. The van der Waals surface area contributed by atoms with Crippen molar-refractivity contribution >= 4 is 34.2 Å². The van der Waals surface area contributed by atoms with Gasteiger partial charge in [-0.3, -0.25) is 0 Å². The molecule has 1 aromatic carbocycles. The van der Waals surface area contributed by atoms with Gasteiger partial charge in [0, 0.05) is 9.37 Å². The highest BCUT2D eigenvalue weighted by Gasteiger charge is 1.95. The van der Waals surface area contributed by atoms with E-state index in [0.29, 0.717) is 5.69 Å². The quantitative estimate of drug-likeness (QED) is 0.569. The molecule has 0 saturated heterocycles. The van der Waals surface area contributed by atoms with Gasteiger partial charge in [-0.05, 0) is 39.3 Å². The van der Waals surface area contributed by atoms with Crippen molar-refractivity contribution in [3.05, 3.63) is 27.6 Å². The lowest BCUT2D eigenvalue weighted by Crippen LogP contribution is -1.68. The van der Waals surface area contributed by atoms with Crippen molar-refractivity contribution in [2.45, 2.75) is 4.90 Å². The van der Waals surface area contributed by atoms with Crippen molar-refractivity contribution in [1.29, 1.82) is 0 Å². The van der Waals surface area contributed by atoms with E-state index in [-0.39, 0.29) is 0 Å². The fraction of sp³-hybridized carbons (Fsp3) is 0. The molecule has 0 heterocycles. The molecule has 0 aliphatic carbocycles. The summed E-state index contributed by atoms with van der Waals surface area (Å²) in [7, 11) is 0. The van der Waals surface area contributed by atoms with Gasteiger partial charge in [-0.25, -0.2) is 0 Å². The first kappa shape index (κ1) is 7.75. The number of benzene rings is 1. The number of nitroso groups, excluding NO2 is 1. The van der Waals surface area contributed by atoms with E-state index in [4.69, 9.17) is 0 Å². The average molecular weight is 218 g/mol. The summed E-state index contributed by atoms with van der Waals surface area (Å²) in [6.07, 6.45) is 0. The van der Waals surface area contributed by atoms with Gasteiger partial charge in [-0.15, -0.1) is 17.5 Å². The van der Waals surface area contributed by atoms with Crippen LogP contribution in [-0.2, 0) is 0 Å². The average Bonchev–Trinajstić information content (AvgIpc) is 1.95. The number of hydrogen-bond donors (Lipinski definition) is 1. The summed E-state index contributed by atoms with van der Waals surface area (Å²) >= 11 is 7.30. The van der Waals surface area contributed by atoms with Crippen LogP contribution in [0.2, 0.25) is 0 Å². The van der Waals surface area contributed by atoms with Crippen LogP contribution in [0.15, 0.2) is 32.7 Å². The molecular weight excluding hydrogens is 214 g/mol. The van der Waals surface area contributed by atoms with Crippen LogP contribution in [0.5, 0.6) is 0 Å². The maximum atomic E-state index is 9.97. The van der Waals surface area contributed by atoms with Gasteiger partial charge in [0.1, 0.15) is 5.69 Å². The van der Waals surface area contributed by atoms with Crippen LogP contribution in [-0.4, -0.2) is 0 Å². The second-order valence-corrected chi connectivity index (χ2v) is 3.06. The maximum absolute atomic E-state index is 9.97. The van der Waals surface area contributed by atoms with Crippen LogP contribution in [0.4, 0.5) is 5.69 Å². The molecule has 0 unspecified atom stereocenters. The summed E-state index contributed by atoms with van der Waals surface area (Å²) in [6, 6.07) is 4.94. The Bertz CT molecular complexity index is 264. The predicted molar refractivity (Wildman–Crippen MR) is 46.8 cm³/mol. The molecule has 0 aromatic heterocycles. The number of halogens is 1. The second-order valence-electron chi connectivity index (χ2n) is 1.73. The van der Waals surface area contributed by atoms with Gasteiger partial charge in [0.25, 0.3) is 0 Å². The van der Waals surface area contributed by atoms with Gasteiger partial charge in [-0.2, -0.15) is 0 Å². The van der Waals surface area contributed by atoms with Gasteiger partial charge in [0.15, 0.2) is 0 Å². The SMILES string of the molecule is O=Nc1ccc(S)c(Br)c1. The Morgan fingerprint density at radius 1 is 1.50 bits per heavy atom. The number of hydrogen-bond acceptors (Lipinski definition) is 3. The van der Waals surface area contributed by atoms with Crippen molar-refractivity contribution in [1.82, 2.24) is 0 Å². The molecular formula is C6H4BrNOS. The molecule has 4 heteroatoms. The zero-order valence-corrected chi connectivity index (χ0v) is 7.39. The minimum absolute atomic E-state index is 0.407. The molecule has 0 atom stereocenters. The third kappa shape index (κ3) is 1.58. The fourth-order valence-corrected chi connectivity index (χ4v) is 1.06. The number of nitrogens with zero attached hydrogens (tertiary/aromatic N) is 1. The Morgan fingerprint density at radius 3 is 2.70 bits per heavy atom. The Balaban J connectivity index is 3.16. The molecule has 0 aliphatic heterocycles. The minimum atomic E-state index is 0.407. The molecule has 0 aliphatic rings. The van der Waals surface area contributed by atoms with Crippen LogP contribution >= 0.6 is 28.6 Å². The zero-order valence-electron chi connectivity index (χ0n) is 4.91. The summed E-state index contributed by atoms with van der Waals surface area (Å²) in [5.41, 5.74) is 0.407. The molecule has 10 heavy (non-hydrogen) atoms. The van der Waals surface area contributed by atoms with Gasteiger partial charge in [0.2, 0.25) is 0 Å². The van der Waals surface area contributed by atoms with Crippen LogP contribution in [0, 0.1) is 4.91 Å². The van der Waals surface area contributed by atoms with Crippen LogP contribution < -0.4 is 0 Å². The van der Waals surface area contributed by atoms with Crippen molar-refractivity contribution in [3.8, 4) is 0 Å². The Hall–Kier alpha value is -0.350. The highest BCUT2D eigenvalue weighted by Crippen LogP contribution is 2.25. The molecule has 0 N–H and O–H groups in total. The van der Waals surface area contributed by atoms with E-state index >= 15 is 0 Å². The molecule has 0 bridgehead atoms. The lowest BCUT2D eigenvalue weighted by atomic mass is 10.3. The van der Waals surface area contributed by atoms with Gasteiger partial charge in [-0.1, -0.05) is 0 Å². The summed E-state index contributed by atoms with van der Waals surface area (Å²) in [6.45, 7) is 0. The smallest absolute Gasteiger partial charge is 0.109 e. The van der Waals surface area contributed by atoms with Gasteiger partial charge in [0.05, 0.1) is 0 Å². The fourth-order valence-electron chi connectivity index (χ4n) is 0.553. The molecule has 0 spiro atoms. The zero-order chi connectivity index (χ0) is 7.56. The highest BCUT2D eigenvalue weighted by atomic mass is 79.9. The van der Waals surface area contributed by atoms with E-state index in [1.165, 1.54) is 0 Å². The summed E-state index contributed by atoms with van der Waals surface area (Å²) in [5.74, 6) is 0. The monoisotopic (exact) mass is 217 g/mol. The Labute approximate surface area is 72.1 Å². The largest absolute Gasteiger partial charge is 0.145 e. The Kier molecular flexibility index (Phi) is 2.45. The summed E-state index contributed by atoms with van der Waals surface area (Å²) < 4.78 is 0.785. The second kappa shape index (κ2) is 3.16. The third-order valence-electron chi connectivity index (χ3n) is 1.04. The predicted octanol–water partition coefficient (Wildman–Crippen LogP) is 3.14. The first-order valence-electron chi connectivity index (χ1n) is 2.56. The Morgan fingerprint density at radius 2 is 2.20 bits per heavy atom. The lowest BCUT2D eigenvalue weighted by Gasteiger charge is -1.94. The molecule has 52 valence electrons. The van der Waals surface area contributed by atoms with E-state index in [1.807, 2.05) is 0 Å². The number of thiol groups is 1. The van der Waals surface area contributed by atoms with E-state index in [0.717, 1.165) is 9.37 Å². The van der Waals surface area contributed by atoms with Crippen LogP contribution in [0.3, 0.4) is 0 Å². The maximum Gasteiger partial charge on any atom is 0.109 e. The third-order valence-corrected chi connectivity index (χ3v) is 2.39. The van der Waals surface area contributed by atoms with Gasteiger partial charge < -0.3 is 0 Å². The van der Waals surface area contributed by atoms with Crippen molar-refractivity contribution in [3.63, 3.8) is 0 Å². The minimum Gasteiger partial charge on any atom is -0.145 e. The lowest BCUT2D eigenvalue weighted by molar-refractivity contribution is 1.38. The first-order valence-corrected chi connectivity index (χ1v) is 3.80. The van der Waals surface area contributed by atoms with Crippen molar-refractivity contribution in [2.24, 2.45) is 5.18 Å². The van der Waals surface area contributed by atoms with E-state index < -0.39 is 0 Å². The first-order chi connectivity index (χ1) is 4.74. The molecule has 0 radical (unpaired) electrons. The van der Waals surface area contributed by atoms with Crippen molar-refractivity contribution in [2.75, 3.05) is 0 Å².